The van der Waals surface area contributed by atoms with E-state index in [-0.39, 0.29) is 12.0 Å². The Kier molecular flexibility index (Phi) is 6.60. The number of hydrogen-bond donors (Lipinski definition) is 2. The Balaban J connectivity index is 2.26. The molecule has 0 aromatic rings. The van der Waals surface area contributed by atoms with Crippen molar-refractivity contribution in [1.29, 1.82) is 0 Å². The Labute approximate surface area is 110 Å². The summed E-state index contributed by atoms with van der Waals surface area (Å²) in [6, 6.07) is 0.374. The van der Waals surface area contributed by atoms with E-state index in [2.05, 4.69) is 29.4 Å². The van der Waals surface area contributed by atoms with Crippen molar-refractivity contribution >= 4 is 5.91 Å². The number of carbonyl (C=O) groups is 1. The van der Waals surface area contributed by atoms with E-state index >= 15 is 0 Å². The molecule has 1 fully saturated rings. The van der Waals surface area contributed by atoms with Crippen molar-refractivity contribution in [3.8, 4) is 0 Å². The maximum absolute atomic E-state index is 11.8. The Hall–Kier alpha value is -0.650. The topological polar surface area (TPSA) is 53.6 Å². The van der Waals surface area contributed by atoms with Crippen LogP contribution in [0.1, 0.15) is 20.3 Å². The first-order chi connectivity index (χ1) is 8.50. The summed E-state index contributed by atoms with van der Waals surface area (Å²) >= 11 is 0. The number of nitrogens with one attached hydrogen (secondary N) is 2. The molecule has 0 spiro atoms. The summed E-state index contributed by atoms with van der Waals surface area (Å²) in [5.41, 5.74) is 0. The van der Waals surface area contributed by atoms with Gasteiger partial charge in [-0.05, 0) is 20.0 Å². The minimum absolute atomic E-state index is 0.0237. The molecule has 1 saturated heterocycles. The quantitative estimate of drug-likeness (QED) is 0.707. The molecule has 5 heteroatoms. The molecule has 1 heterocycles. The fourth-order valence-electron chi connectivity index (χ4n) is 2.26. The molecule has 0 radical (unpaired) electrons. The number of amides is 1. The van der Waals surface area contributed by atoms with Gasteiger partial charge in [-0.3, -0.25) is 4.79 Å². The molecule has 0 bridgehead atoms. The second-order valence-corrected chi connectivity index (χ2v) is 5.48. The lowest BCUT2D eigenvalue weighted by molar-refractivity contribution is -0.124. The van der Waals surface area contributed by atoms with E-state index in [1.807, 2.05) is 14.1 Å². The first-order valence-corrected chi connectivity index (χ1v) is 6.76. The smallest absolute Gasteiger partial charge is 0.222 e. The highest BCUT2D eigenvalue weighted by atomic mass is 16.5. The van der Waals surface area contributed by atoms with Crippen LogP contribution in [0.2, 0.25) is 0 Å². The van der Waals surface area contributed by atoms with Gasteiger partial charge in [-0.2, -0.15) is 0 Å². The summed E-state index contributed by atoms with van der Waals surface area (Å²) in [7, 11) is 4.09. The van der Waals surface area contributed by atoms with Gasteiger partial charge >= 0.3 is 0 Å². The van der Waals surface area contributed by atoms with E-state index < -0.39 is 0 Å². The molecule has 1 amide bonds. The summed E-state index contributed by atoms with van der Waals surface area (Å²) in [5.74, 6) is 0.601. The van der Waals surface area contributed by atoms with Gasteiger partial charge < -0.3 is 20.3 Å². The Bertz CT molecular complexity index is 243. The van der Waals surface area contributed by atoms with E-state index in [0.717, 1.165) is 13.1 Å². The van der Waals surface area contributed by atoms with Crippen molar-refractivity contribution in [3.05, 3.63) is 0 Å². The largest absolute Gasteiger partial charge is 0.375 e. The lowest BCUT2D eigenvalue weighted by Gasteiger charge is -2.28. The molecule has 0 saturated carbocycles. The average Bonchev–Trinajstić information content (AvgIpc) is 2.29. The zero-order chi connectivity index (χ0) is 13.5. The van der Waals surface area contributed by atoms with Gasteiger partial charge in [0.1, 0.15) is 0 Å². The highest BCUT2D eigenvalue weighted by Crippen LogP contribution is 2.06. The van der Waals surface area contributed by atoms with Gasteiger partial charge in [0.25, 0.3) is 0 Å². The third kappa shape index (κ3) is 5.33. The second-order valence-electron chi connectivity index (χ2n) is 5.48. The van der Waals surface area contributed by atoms with E-state index in [9.17, 15) is 4.79 Å². The highest BCUT2D eigenvalue weighted by Gasteiger charge is 2.20. The van der Waals surface area contributed by atoms with Crippen LogP contribution in [0.15, 0.2) is 0 Å². The van der Waals surface area contributed by atoms with Gasteiger partial charge in [0.15, 0.2) is 0 Å². The second kappa shape index (κ2) is 7.71. The van der Waals surface area contributed by atoms with Crippen molar-refractivity contribution in [2.45, 2.75) is 32.4 Å². The van der Waals surface area contributed by atoms with Crippen LogP contribution in [0.3, 0.4) is 0 Å². The molecule has 18 heavy (non-hydrogen) atoms. The number of likely N-dealkylation sites (N-methyl/N-ethyl adjacent to an activating group) is 1. The number of morpholine rings is 1. The van der Waals surface area contributed by atoms with Crippen molar-refractivity contribution < 1.29 is 9.53 Å². The summed E-state index contributed by atoms with van der Waals surface area (Å²) < 4.78 is 5.52. The fraction of sp³-hybridized carbons (Fsp3) is 0.923. The molecule has 106 valence electrons. The van der Waals surface area contributed by atoms with Crippen LogP contribution < -0.4 is 10.6 Å². The predicted molar refractivity (Wildman–Crippen MR) is 72.5 cm³/mol. The van der Waals surface area contributed by atoms with Crippen molar-refractivity contribution in [1.82, 2.24) is 15.5 Å². The predicted octanol–water partition coefficient (Wildman–Crippen LogP) is 0.0673. The number of rotatable bonds is 6. The fourth-order valence-corrected chi connectivity index (χ4v) is 2.26. The number of ether oxygens (including phenoxy) is 1. The first-order valence-electron chi connectivity index (χ1n) is 6.76. The molecule has 1 aliphatic heterocycles. The van der Waals surface area contributed by atoms with Crippen LogP contribution in [0.5, 0.6) is 0 Å². The molecule has 5 nitrogen and oxygen atoms in total. The van der Waals surface area contributed by atoms with Crippen LogP contribution in [0.4, 0.5) is 0 Å². The zero-order valence-corrected chi connectivity index (χ0v) is 12.0. The normalized spacial score (nSPS) is 22.2. The van der Waals surface area contributed by atoms with Crippen LogP contribution in [0.25, 0.3) is 0 Å². The SMILES string of the molecule is CC(C)C(CNC(=O)CC1CNCCO1)N(C)C. The van der Waals surface area contributed by atoms with E-state index in [4.69, 9.17) is 4.74 Å². The number of carbonyl (C=O) groups excluding carboxylic acids is 1. The third-order valence-electron chi connectivity index (χ3n) is 3.36. The zero-order valence-electron chi connectivity index (χ0n) is 12.0. The first kappa shape index (κ1) is 15.4. The molecule has 1 aliphatic rings. The van der Waals surface area contributed by atoms with E-state index in [0.29, 0.717) is 31.5 Å². The number of hydrogen-bond acceptors (Lipinski definition) is 4. The van der Waals surface area contributed by atoms with Gasteiger partial charge in [-0.1, -0.05) is 13.8 Å². The maximum atomic E-state index is 11.8. The molecular formula is C13H27N3O2. The van der Waals surface area contributed by atoms with Crippen molar-refractivity contribution in [2.75, 3.05) is 40.3 Å². The van der Waals surface area contributed by atoms with Crippen LogP contribution in [0, 0.1) is 5.92 Å². The van der Waals surface area contributed by atoms with Crippen molar-refractivity contribution in [2.24, 2.45) is 5.92 Å². The van der Waals surface area contributed by atoms with Crippen LogP contribution in [-0.4, -0.2) is 63.3 Å². The maximum Gasteiger partial charge on any atom is 0.222 e. The summed E-state index contributed by atoms with van der Waals surface area (Å²) in [6.07, 6.45) is 0.473. The molecule has 2 atom stereocenters. The molecule has 0 aromatic heterocycles. The Morgan fingerprint density at radius 2 is 2.22 bits per heavy atom. The van der Waals surface area contributed by atoms with E-state index in [1.165, 1.54) is 0 Å². The molecule has 2 N–H and O–H groups in total. The monoisotopic (exact) mass is 257 g/mol. The lowest BCUT2D eigenvalue weighted by atomic mass is 10.0. The average molecular weight is 257 g/mol. The van der Waals surface area contributed by atoms with Crippen molar-refractivity contribution in [3.63, 3.8) is 0 Å². The summed E-state index contributed by atoms with van der Waals surface area (Å²) in [4.78, 5) is 14.0. The van der Waals surface area contributed by atoms with Gasteiger partial charge in [0.05, 0.1) is 19.1 Å². The number of nitrogens with zero attached hydrogens (tertiary/aromatic N) is 1. The highest BCUT2D eigenvalue weighted by molar-refractivity contribution is 5.76. The molecule has 2 unspecified atom stereocenters. The standard InChI is InChI=1S/C13H27N3O2/c1-10(2)12(16(3)4)9-15-13(17)7-11-8-14-5-6-18-11/h10-12,14H,5-9H2,1-4H3,(H,15,17). The van der Waals surface area contributed by atoms with Crippen LogP contribution in [-0.2, 0) is 9.53 Å². The van der Waals surface area contributed by atoms with E-state index in [1.54, 1.807) is 0 Å². The Morgan fingerprint density at radius 3 is 2.72 bits per heavy atom. The van der Waals surface area contributed by atoms with Gasteiger partial charge in [-0.15, -0.1) is 0 Å². The Morgan fingerprint density at radius 1 is 1.50 bits per heavy atom. The van der Waals surface area contributed by atoms with Gasteiger partial charge in [0.2, 0.25) is 5.91 Å². The van der Waals surface area contributed by atoms with Gasteiger partial charge in [0, 0.05) is 25.7 Å². The molecule has 0 aromatic carbocycles. The summed E-state index contributed by atoms with van der Waals surface area (Å²) in [6.45, 7) is 7.40. The van der Waals surface area contributed by atoms with Gasteiger partial charge in [-0.25, -0.2) is 0 Å². The minimum atomic E-state index is 0.0237. The summed E-state index contributed by atoms with van der Waals surface area (Å²) in [5, 5.41) is 6.23. The van der Waals surface area contributed by atoms with Crippen LogP contribution >= 0.6 is 0 Å². The third-order valence-corrected chi connectivity index (χ3v) is 3.36. The lowest BCUT2D eigenvalue weighted by Crippen LogP contribution is -2.45. The molecule has 1 rings (SSSR count). The minimum Gasteiger partial charge on any atom is -0.375 e. The molecular weight excluding hydrogens is 230 g/mol. The molecule has 0 aliphatic carbocycles.